The lowest BCUT2D eigenvalue weighted by Crippen LogP contribution is -2.78. The van der Waals surface area contributed by atoms with Gasteiger partial charge in [-0.2, -0.15) is 220 Å². The van der Waals surface area contributed by atoms with Gasteiger partial charge in [-0.05, 0) is 12.8 Å². The van der Waals surface area contributed by atoms with Crippen LogP contribution in [-0.2, 0) is 19.1 Å². The summed E-state index contributed by atoms with van der Waals surface area (Å²) in [5.74, 6) is -209. The molecule has 0 radical (unpaired) electrons. The molecule has 0 rings (SSSR count). The number of unbranched alkanes of at least 4 members (excludes halogenated alkanes) is 1. The van der Waals surface area contributed by atoms with E-state index in [-0.39, 0.29) is 0 Å². The van der Waals surface area contributed by atoms with Gasteiger partial charge in [0.2, 0.25) is 0 Å². The van der Waals surface area contributed by atoms with Crippen molar-refractivity contribution in [2.45, 2.75) is 193 Å². The number of ether oxygens (including phenoxy) is 2. The molecular weight excluding hydrogens is 1480 g/mol. The smallest absolute Gasteiger partial charge is 0.460 e. The van der Waals surface area contributed by atoms with Crippen molar-refractivity contribution in [3.8, 4) is 0 Å². The van der Waals surface area contributed by atoms with E-state index in [1.165, 1.54) is 0 Å². The number of hydrogen-bond acceptors (Lipinski definition) is 6. The molecule has 0 aliphatic carbocycles. The second kappa shape index (κ2) is 24.2. The molecule has 0 aliphatic heterocycles. The standard InChI is InChI=1S/C36H20F50O6/c37-13(38,15(41,42)17(45,46)19(49,50)21(53,54)23(57,58)25(61,62)27(65,66)29(69,70)31(73,74)33(77,78)35(81,82)83)5-9(87)7-91-11(89)3-1-2-4-12(90)92-8-10(88)6-14(39,40)16(43,44)18(47,48)20(51,52)22(55,56)24(59,60)26(63,64)28(67,68)30(71,72)32(75,76)34(79,80)36(84,85)86/h9-10,87-88H,1-8H2. The Balaban J connectivity index is 6.17. The van der Waals surface area contributed by atoms with E-state index < -0.39 is 219 Å². The van der Waals surface area contributed by atoms with Crippen LogP contribution in [0.15, 0.2) is 0 Å². The van der Waals surface area contributed by atoms with Crippen LogP contribution in [0.3, 0.4) is 0 Å². The molecule has 56 heteroatoms. The number of rotatable bonds is 33. The van der Waals surface area contributed by atoms with Gasteiger partial charge in [-0.1, -0.05) is 0 Å². The SMILES string of the molecule is O=C(CCCCC(=O)OCC(O)CC(F)(F)C(F)(F)C(F)(F)C(F)(F)C(F)(F)C(F)(F)C(F)(F)C(F)(F)C(F)(F)C(F)(F)C(F)(F)C(F)(F)F)OCC(O)CC(F)(F)C(F)(F)C(F)(F)C(F)(F)C(F)(F)C(F)(F)C(F)(F)C(F)(F)C(F)(F)C(F)(F)C(F)(F)C(F)(F)F. The topological polar surface area (TPSA) is 93.1 Å². The van der Waals surface area contributed by atoms with Gasteiger partial charge in [-0.3, -0.25) is 9.59 Å². The van der Waals surface area contributed by atoms with Crippen molar-refractivity contribution in [3.05, 3.63) is 0 Å². The molecular formula is C36H20F50O6. The highest BCUT2D eigenvalue weighted by Gasteiger charge is 3.02. The molecule has 0 aromatic carbocycles. The Labute approximate surface area is 468 Å². The second-order valence-corrected chi connectivity index (χ2v) is 18.2. The Morgan fingerprint density at radius 3 is 0.500 bits per heavy atom. The summed E-state index contributed by atoms with van der Waals surface area (Å²) in [6.45, 7) is -4.92. The van der Waals surface area contributed by atoms with Crippen LogP contribution >= 0.6 is 0 Å². The highest BCUT2D eigenvalue weighted by molar-refractivity contribution is 5.70. The predicted molar refractivity (Wildman–Crippen MR) is 183 cm³/mol. The molecule has 0 aromatic rings. The fraction of sp³-hybridized carbons (Fsp3) is 0.944. The molecule has 2 atom stereocenters. The average Bonchev–Trinajstić information content (AvgIpc) is 0.694. The molecule has 0 aromatic heterocycles. The zero-order chi connectivity index (χ0) is 75.4. The van der Waals surface area contributed by atoms with Crippen molar-refractivity contribution >= 4 is 11.9 Å². The van der Waals surface area contributed by atoms with Crippen molar-refractivity contribution in [1.82, 2.24) is 0 Å². The maximum Gasteiger partial charge on any atom is 0.460 e. The third-order valence-electron chi connectivity index (χ3n) is 11.6. The minimum Gasteiger partial charge on any atom is -0.463 e. The van der Waals surface area contributed by atoms with E-state index in [2.05, 4.69) is 9.47 Å². The summed E-state index contributed by atoms with van der Waals surface area (Å²) in [5.41, 5.74) is 0. The fourth-order valence-electron chi connectivity index (χ4n) is 6.00. The Hall–Kier alpha value is -4.64. The zero-order valence-electron chi connectivity index (χ0n) is 41.2. The lowest BCUT2D eigenvalue weighted by molar-refractivity contribution is -0.482. The first kappa shape index (κ1) is 87.4. The van der Waals surface area contributed by atoms with Gasteiger partial charge in [-0.25, -0.2) is 0 Å². The lowest BCUT2D eigenvalue weighted by atomic mass is 9.84. The molecule has 0 amide bonds. The maximum absolute atomic E-state index is 14.2. The number of halogens is 50. The Kier molecular flexibility index (Phi) is 22.9. The molecule has 0 spiro atoms. The van der Waals surface area contributed by atoms with Crippen LogP contribution in [0.4, 0.5) is 220 Å². The van der Waals surface area contributed by atoms with Crippen molar-refractivity contribution in [1.29, 1.82) is 0 Å². The summed E-state index contributed by atoms with van der Waals surface area (Å²) in [7, 11) is 0. The average molecular weight is 1500 g/mol. The fourth-order valence-corrected chi connectivity index (χ4v) is 6.00. The number of hydrogen-bond donors (Lipinski definition) is 2. The number of aliphatic hydroxyl groups is 2. The van der Waals surface area contributed by atoms with Crippen LogP contribution in [-0.4, -0.2) is 190 Å². The van der Waals surface area contributed by atoms with Gasteiger partial charge in [0.25, 0.3) is 0 Å². The van der Waals surface area contributed by atoms with Crippen LogP contribution in [0, 0.1) is 0 Å². The minimum atomic E-state index is -9.92. The molecule has 0 bridgehead atoms. The highest BCUT2D eigenvalue weighted by atomic mass is 19.5. The third-order valence-corrected chi connectivity index (χ3v) is 11.6. The van der Waals surface area contributed by atoms with Gasteiger partial charge in [0.05, 0.1) is 12.2 Å². The van der Waals surface area contributed by atoms with Gasteiger partial charge in [0.15, 0.2) is 0 Å². The van der Waals surface area contributed by atoms with E-state index in [9.17, 15) is 239 Å². The summed E-state index contributed by atoms with van der Waals surface area (Å²) in [4.78, 5) is 23.4. The molecule has 0 saturated carbocycles. The largest absolute Gasteiger partial charge is 0.463 e. The van der Waals surface area contributed by atoms with Gasteiger partial charge in [-0.15, -0.1) is 0 Å². The molecule has 0 saturated heterocycles. The van der Waals surface area contributed by atoms with Gasteiger partial charge < -0.3 is 19.7 Å². The van der Waals surface area contributed by atoms with Crippen molar-refractivity contribution < 1.29 is 249 Å². The van der Waals surface area contributed by atoms with E-state index in [1.54, 1.807) is 0 Å². The van der Waals surface area contributed by atoms with Gasteiger partial charge in [0, 0.05) is 25.7 Å². The van der Waals surface area contributed by atoms with Gasteiger partial charge >= 0.3 is 155 Å². The first-order valence-corrected chi connectivity index (χ1v) is 21.4. The van der Waals surface area contributed by atoms with E-state index in [0.717, 1.165) is 0 Å². The molecule has 6 nitrogen and oxygen atoms in total. The van der Waals surface area contributed by atoms with E-state index >= 15 is 0 Å². The van der Waals surface area contributed by atoms with Crippen LogP contribution in [0.1, 0.15) is 38.5 Å². The predicted octanol–water partition coefficient (Wildman–Crippen LogP) is 16.2. The van der Waals surface area contributed by atoms with E-state index in [0.29, 0.717) is 0 Å². The number of aliphatic hydroxyl groups excluding tert-OH is 2. The summed E-state index contributed by atoms with van der Waals surface area (Å²) in [6.07, 6.45) is -37.3. The van der Waals surface area contributed by atoms with Crippen molar-refractivity contribution in [2.75, 3.05) is 13.2 Å². The monoisotopic (exact) mass is 1500 g/mol. The number of alkyl halides is 50. The summed E-state index contributed by atoms with van der Waals surface area (Å²) < 4.78 is 691. The Morgan fingerprint density at radius 2 is 0.359 bits per heavy atom. The van der Waals surface area contributed by atoms with Crippen molar-refractivity contribution in [3.63, 3.8) is 0 Å². The number of carbonyl (C=O) groups is 2. The Bertz CT molecular complexity index is 2380. The molecule has 2 N–H and O–H groups in total. The van der Waals surface area contributed by atoms with E-state index in [4.69, 9.17) is 0 Å². The molecule has 0 aliphatic rings. The number of esters is 2. The van der Waals surface area contributed by atoms with Crippen LogP contribution in [0.2, 0.25) is 0 Å². The summed E-state index contributed by atoms with van der Waals surface area (Å²) in [6, 6.07) is 0. The van der Waals surface area contributed by atoms with E-state index in [1.807, 2.05) is 0 Å². The molecule has 92 heavy (non-hydrogen) atoms. The zero-order valence-corrected chi connectivity index (χ0v) is 41.2. The molecule has 550 valence electrons. The Morgan fingerprint density at radius 1 is 0.228 bits per heavy atom. The maximum atomic E-state index is 14.2. The molecule has 2 unspecified atom stereocenters. The first-order valence-electron chi connectivity index (χ1n) is 21.4. The van der Waals surface area contributed by atoms with Crippen molar-refractivity contribution in [2.24, 2.45) is 0 Å². The third kappa shape index (κ3) is 12.5. The number of carbonyl (C=O) groups excluding carboxylic acids is 2. The van der Waals surface area contributed by atoms with Crippen LogP contribution in [0.5, 0.6) is 0 Å². The van der Waals surface area contributed by atoms with Crippen LogP contribution in [0.25, 0.3) is 0 Å². The normalized spacial score (nSPS) is 17.0. The van der Waals surface area contributed by atoms with Crippen LogP contribution < -0.4 is 0 Å². The second-order valence-electron chi connectivity index (χ2n) is 18.2. The minimum absolute atomic E-state index is 1.10. The van der Waals surface area contributed by atoms with Gasteiger partial charge in [0.1, 0.15) is 13.2 Å². The molecule has 0 heterocycles. The first-order chi connectivity index (χ1) is 39.3. The summed E-state index contributed by atoms with van der Waals surface area (Å²) >= 11 is 0. The molecule has 0 fully saturated rings. The quantitative estimate of drug-likeness (QED) is 0.0386. The highest BCUT2D eigenvalue weighted by Crippen LogP contribution is 2.71. The lowest BCUT2D eigenvalue weighted by Gasteiger charge is -2.45. The summed E-state index contributed by atoms with van der Waals surface area (Å²) in [5, 5.41) is 18.7.